The van der Waals surface area contributed by atoms with E-state index in [1.807, 2.05) is 6.07 Å². The van der Waals surface area contributed by atoms with Crippen molar-refractivity contribution < 1.29 is 23.1 Å². The molecule has 0 aliphatic heterocycles. The number of hydrogen-bond donors (Lipinski definition) is 1. The van der Waals surface area contributed by atoms with E-state index in [0.717, 1.165) is 16.7 Å². The van der Waals surface area contributed by atoms with Gasteiger partial charge in [-0.15, -0.1) is 0 Å². The Labute approximate surface area is 141 Å². The number of carbonyl (C=O) groups excluding carboxylic acids is 1. The van der Waals surface area contributed by atoms with E-state index in [1.54, 1.807) is 24.3 Å². The van der Waals surface area contributed by atoms with E-state index in [4.69, 9.17) is 0 Å². The van der Waals surface area contributed by atoms with Gasteiger partial charge >= 0.3 is 5.51 Å². The molecule has 24 heavy (non-hydrogen) atoms. The summed E-state index contributed by atoms with van der Waals surface area (Å²) in [7, 11) is 0. The summed E-state index contributed by atoms with van der Waals surface area (Å²) in [6, 6.07) is 11.5. The maximum Gasteiger partial charge on any atom is 0.446 e. The van der Waals surface area contributed by atoms with Crippen LogP contribution in [0, 0.1) is 5.92 Å². The number of aliphatic hydroxyl groups is 1. The van der Waals surface area contributed by atoms with Gasteiger partial charge in [-0.25, -0.2) is 0 Å². The molecule has 0 amide bonds. The second kappa shape index (κ2) is 6.61. The molecule has 3 rings (SSSR count). The van der Waals surface area contributed by atoms with E-state index in [2.05, 4.69) is 0 Å². The highest BCUT2D eigenvalue weighted by atomic mass is 32.2. The van der Waals surface area contributed by atoms with Crippen LogP contribution in [0.3, 0.4) is 0 Å². The Morgan fingerprint density at radius 1 is 1.08 bits per heavy atom. The number of thioether (sulfide) groups is 1. The quantitative estimate of drug-likeness (QED) is 0.830. The van der Waals surface area contributed by atoms with Gasteiger partial charge in [-0.3, -0.25) is 4.79 Å². The summed E-state index contributed by atoms with van der Waals surface area (Å²) in [4.78, 5) is 12.6. The summed E-state index contributed by atoms with van der Waals surface area (Å²) in [5, 5.41) is 9.18. The molecule has 6 heteroatoms. The highest BCUT2D eigenvalue weighted by molar-refractivity contribution is 8.00. The molecule has 0 bridgehead atoms. The fraction of sp³-hybridized carbons (Fsp3) is 0.278. The number of halogens is 3. The van der Waals surface area contributed by atoms with Crippen molar-refractivity contribution in [1.82, 2.24) is 0 Å². The maximum atomic E-state index is 12.4. The van der Waals surface area contributed by atoms with Crippen LogP contribution < -0.4 is 0 Å². The molecule has 126 valence electrons. The van der Waals surface area contributed by atoms with Crippen LogP contribution in [0.4, 0.5) is 13.2 Å². The van der Waals surface area contributed by atoms with Crippen LogP contribution in [0.2, 0.25) is 0 Å². The second-order valence-corrected chi connectivity index (χ2v) is 6.95. The number of carbonyl (C=O) groups is 1. The molecule has 2 nitrogen and oxygen atoms in total. The number of fused-ring (bicyclic) bond motifs is 1. The zero-order chi connectivity index (χ0) is 17.3. The predicted molar refractivity (Wildman–Crippen MR) is 85.9 cm³/mol. The van der Waals surface area contributed by atoms with Gasteiger partial charge in [0.1, 0.15) is 0 Å². The third-order valence-corrected chi connectivity index (χ3v) is 4.83. The van der Waals surface area contributed by atoms with Crippen LogP contribution in [0.1, 0.15) is 27.0 Å². The molecule has 1 aliphatic carbocycles. The Bertz CT molecular complexity index is 754. The molecule has 1 aliphatic rings. The van der Waals surface area contributed by atoms with E-state index in [0.29, 0.717) is 18.4 Å². The Morgan fingerprint density at radius 2 is 1.75 bits per heavy atom. The van der Waals surface area contributed by atoms with Crippen molar-refractivity contribution in [3.05, 3.63) is 64.7 Å². The van der Waals surface area contributed by atoms with E-state index >= 15 is 0 Å². The van der Waals surface area contributed by atoms with Gasteiger partial charge < -0.3 is 5.11 Å². The molecule has 1 N–H and O–H groups in total. The van der Waals surface area contributed by atoms with E-state index < -0.39 is 5.51 Å². The molecular formula is C18H15F3O2S. The Kier molecular flexibility index (Phi) is 4.69. The van der Waals surface area contributed by atoms with Crippen LogP contribution in [0.5, 0.6) is 0 Å². The molecule has 0 saturated heterocycles. The number of rotatable bonds is 4. The normalized spacial score (nSPS) is 17.2. The van der Waals surface area contributed by atoms with Crippen molar-refractivity contribution in [3.63, 3.8) is 0 Å². The zero-order valence-electron chi connectivity index (χ0n) is 12.6. The van der Waals surface area contributed by atoms with Crippen molar-refractivity contribution >= 4 is 17.5 Å². The molecule has 1 atom stereocenters. The molecule has 0 saturated carbocycles. The van der Waals surface area contributed by atoms with Gasteiger partial charge in [-0.1, -0.05) is 30.3 Å². The molecule has 1 unspecified atom stereocenters. The van der Waals surface area contributed by atoms with Gasteiger partial charge in [0.05, 0.1) is 6.61 Å². The standard InChI is InChI=1S/C18H15F3O2S/c19-18(20,21)24-15-4-1-11(2-5-15)7-14-9-13-8-12(10-22)3-6-16(13)17(14)23/h1-6,8,14,22H,7,9-10H2. The maximum absolute atomic E-state index is 12.4. The minimum Gasteiger partial charge on any atom is -0.392 e. The number of aliphatic hydroxyl groups excluding tert-OH is 1. The fourth-order valence-electron chi connectivity index (χ4n) is 3.01. The van der Waals surface area contributed by atoms with Crippen LogP contribution in [0.25, 0.3) is 0 Å². The predicted octanol–water partition coefficient (Wildman–Crippen LogP) is 4.39. The van der Waals surface area contributed by atoms with Gasteiger partial charge in [0.25, 0.3) is 0 Å². The smallest absolute Gasteiger partial charge is 0.392 e. The minimum absolute atomic E-state index is 0.0585. The number of benzene rings is 2. The average Bonchev–Trinajstić information content (AvgIpc) is 2.83. The molecule has 0 aromatic heterocycles. The highest BCUT2D eigenvalue weighted by Crippen LogP contribution is 2.37. The van der Waals surface area contributed by atoms with E-state index in [-0.39, 0.29) is 35.0 Å². The Balaban J connectivity index is 1.70. The van der Waals surface area contributed by atoms with Crippen LogP contribution in [0.15, 0.2) is 47.4 Å². The third kappa shape index (κ3) is 3.82. The summed E-state index contributed by atoms with van der Waals surface area (Å²) in [6.45, 7) is -0.0650. The first-order valence-electron chi connectivity index (χ1n) is 7.47. The lowest BCUT2D eigenvalue weighted by atomic mass is 9.96. The number of ketones is 1. The lowest BCUT2D eigenvalue weighted by Gasteiger charge is -2.09. The summed E-state index contributed by atoms with van der Waals surface area (Å²) in [6.07, 6.45) is 1.10. The van der Waals surface area contributed by atoms with Gasteiger partial charge in [0, 0.05) is 16.4 Å². The minimum atomic E-state index is -4.30. The van der Waals surface area contributed by atoms with Crippen LogP contribution in [-0.4, -0.2) is 16.4 Å². The zero-order valence-corrected chi connectivity index (χ0v) is 13.5. The van der Waals surface area contributed by atoms with E-state index in [9.17, 15) is 23.1 Å². The second-order valence-electron chi connectivity index (χ2n) is 5.81. The topological polar surface area (TPSA) is 37.3 Å². The summed E-state index contributed by atoms with van der Waals surface area (Å²) in [5.74, 6) is -0.140. The van der Waals surface area contributed by atoms with Crippen molar-refractivity contribution in [2.45, 2.75) is 29.9 Å². The molecular weight excluding hydrogens is 337 g/mol. The first kappa shape index (κ1) is 17.0. The Hall–Kier alpha value is -1.79. The number of hydrogen-bond acceptors (Lipinski definition) is 3. The third-order valence-electron chi connectivity index (χ3n) is 4.09. The molecule has 0 spiro atoms. The molecule has 2 aromatic carbocycles. The van der Waals surface area contributed by atoms with Gasteiger partial charge in [0.15, 0.2) is 5.78 Å². The summed E-state index contributed by atoms with van der Waals surface area (Å²) < 4.78 is 37.0. The van der Waals surface area contributed by atoms with Crippen molar-refractivity contribution in [2.24, 2.45) is 5.92 Å². The van der Waals surface area contributed by atoms with Crippen LogP contribution in [-0.2, 0) is 19.4 Å². The highest BCUT2D eigenvalue weighted by Gasteiger charge is 2.31. The first-order valence-corrected chi connectivity index (χ1v) is 8.29. The van der Waals surface area contributed by atoms with Gasteiger partial charge in [-0.05, 0) is 53.4 Å². The molecule has 0 heterocycles. The lowest BCUT2D eigenvalue weighted by molar-refractivity contribution is -0.0328. The fourth-order valence-corrected chi connectivity index (χ4v) is 3.55. The van der Waals surface area contributed by atoms with Crippen molar-refractivity contribution in [3.8, 4) is 0 Å². The first-order chi connectivity index (χ1) is 11.4. The monoisotopic (exact) mass is 352 g/mol. The summed E-state index contributed by atoms with van der Waals surface area (Å²) >= 11 is -0.144. The number of Topliss-reactive ketones (excluding diaryl/α,β-unsaturated/α-hetero) is 1. The average molecular weight is 352 g/mol. The number of alkyl halides is 3. The SMILES string of the molecule is O=C1c2ccc(CO)cc2CC1Cc1ccc(SC(F)(F)F)cc1. The largest absolute Gasteiger partial charge is 0.446 e. The summed E-state index contributed by atoms with van der Waals surface area (Å²) in [5.41, 5.74) is -1.07. The van der Waals surface area contributed by atoms with Crippen LogP contribution >= 0.6 is 11.8 Å². The van der Waals surface area contributed by atoms with Gasteiger partial charge in [-0.2, -0.15) is 13.2 Å². The Morgan fingerprint density at radius 3 is 2.38 bits per heavy atom. The molecule has 0 fully saturated rings. The van der Waals surface area contributed by atoms with Gasteiger partial charge in [0.2, 0.25) is 0 Å². The lowest BCUT2D eigenvalue weighted by Crippen LogP contribution is -2.12. The molecule has 2 aromatic rings. The van der Waals surface area contributed by atoms with Crippen molar-refractivity contribution in [2.75, 3.05) is 0 Å². The van der Waals surface area contributed by atoms with Crippen molar-refractivity contribution in [1.29, 1.82) is 0 Å². The van der Waals surface area contributed by atoms with E-state index in [1.165, 1.54) is 12.1 Å². The molecule has 0 radical (unpaired) electrons.